The Kier molecular flexibility index (Phi) is 7.46. The molecular weight excluding hydrogens is 500 g/mol. The normalized spacial score (nSPS) is 14.7. The Balaban J connectivity index is 1.50. The smallest absolute Gasteiger partial charge is 0.293 e. The van der Waals surface area contributed by atoms with Gasteiger partial charge in [0.1, 0.15) is 12.4 Å². The van der Waals surface area contributed by atoms with Crippen LogP contribution in [0.4, 0.5) is 9.18 Å². The van der Waals surface area contributed by atoms with Crippen LogP contribution in [-0.4, -0.2) is 23.2 Å². The van der Waals surface area contributed by atoms with E-state index in [4.69, 9.17) is 32.7 Å². The molecule has 3 aromatic carbocycles. The summed E-state index contributed by atoms with van der Waals surface area (Å²) in [7, 11) is 1.50. The minimum absolute atomic E-state index is 0.127. The maximum Gasteiger partial charge on any atom is 0.293 e. The average molecular weight is 518 g/mol. The molecule has 1 aliphatic heterocycles. The van der Waals surface area contributed by atoms with E-state index in [-0.39, 0.29) is 23.6 Å². The molecule has 0 spiro atoms. The van der Waals surface area contributed by atoms with Crippen molar-refractivity contribution in [2.24, 2.45) is 0 Å². The van der Waals surface area contributed by atoms with Crippen molar-refractivity contribution in [3.63, 3.8) is 0 Å². The fraction of sp³-hybridized carbons (Fsp3) is 0.120. The zero-order chi connectivity index (χ0) is 24.2. The average Bonchev–Trinajstić information content (AvgIpc) is 3.07. The summed E-state index contributed by atoms with van der Waals surface area (Å²) in [5.74, 6) is -0.0107. The lowest BCUT2D eigenvalue weighted by atomic mass is 10.1. The van der Waals surface area contributed by atoms with Crippen molar-refractivity contribution in [3.05, 3.63) is 98.1 Å². The predicted molar refractivity (Wildman–Crippen MR) is 132 cm³/mol. The molecule has 1 fully saturated rings. The summed E-state index contributed by atoms with van der Waals surface area (Å²) in [5.41, 5.74) is 1.68. The number of hydrogen-bond donors (Lipinski definition) is 0. The van der Waals surface area contributed by atoms with Crippen molar-refractivity contribution in [1.82, 2.24) is 4.90 Å². The molecule has 0 saturated carbocycles. The minimum Gasteiger partial charge on any atom is -0.493 e. The number of halogens is 3. The zero-order valence-corrected chi connectivity index (χ0v) is 20.2. The molecule has 0 N–H and O–H groups in total. The number of carbonyl (C=O) groups is 2. The van der Waals surface area contributed by atoms with E-state index in [0.717, 1.165) is 22.2 Å². The third-order valence-electron chi connectivity index (χ3n) is 5.04. The number of hydrogen-bond acceptors (Lipinski definition) is 5. The Morgan fingerprint density at radius 1 is 1.00 bits per heavy atom. The van der Waals surface area contributed by atoms with Gasteiger partial charge in [-0.05, 0) is 53.7 Å². The van der Waals surface area contributed by atoms with Gasteiger partial charge in [-0.2, -0.15) is 0 Å². The third-order valence-corrected chi connectivity index (χ3v) is 6.54. The highest BCUT2D eigenvalue weighted by Crippen LogP contribution is 2.36. The quantitative estimate of drug-likeness (QED) is 0.317. The Bertz CT molecular complexity index is 1300. The topological polar surface area (TPSA) is 55.8 Å². The van der Waals surface area contributed by atoms with Gasteiger partial charge in [0.25, 0.3) is 11.1 Å². The van der Waals surface area contributed by atoms with E-state index in [1.807, 2.05) is 0 Å². The van der Waals surface area contributed by atoms with Crippen molar-refractivity contribution < 1.29 is 23.5 Å². The molecule has 34 heavy (non-hydrogen) atoms. The molecule has 4 rings (SSSR count). The number of thioether (sulfide) groups is 1. The second-order valence-electron chi connectivity index (χ2n) is 7.29. The van der Waals surface area contributed by atoms with Crippen LogP contribution in [0, 0.1) is 5.82 Å². The van der Waals surface area contributed by atoms with Gasteiger partial charge in [0, 0.05) is 21.2 Å². The molecule has 1 aliphatic rings. The predicted octanol–water partition coefficient (Wildman–Crippen LogP) is 6.96. The standard InChI is InChI=1S/C25H18Cl2FNO4S/c1-32-22-10-15(6-9-21(22)33-14-17-7-8-18(26)12-19(17)27)11-23-24(30)29(25(31)34-23)13-16-4-2-3-5-20(16)28/h2-12H,13-14H2,1H3/b23-11-. The molecule has 9 heteroatoms. The molecule has 0 unspecified atom stereocenters. The van der Waals surface area contributed by atoms with E-state index in [9.17, 15) is 14.0 Å². The summed E-state index contributed by atoms with van der Waals surface area (Å²) < 4.78 is 25.2. The Labute approximate surface area is 210 Å². The van der Waals surface area contributed by atoms with Crippen LogP contribution >= 0.6 is 35.0 Å². The number of imide groups is 1. The van der Waals surface area contributed by atoms with E-state index < -0.39 is 17.0 Å². The molecule has 1 heterocycles. The van der Waals surface area contributed by atoms with Crippen LogP contribution in [-0.2, 0) is 17.9 Å². The summed E-state index contributed by atoms with van der Waals surface area (Å²) in [6.45, 7) is 0.0820. The molecule has 0 atom stereocenters. The molecule has 0 bridgehead atoms. The molecule has 2 amide bonds. The van der Waals surface area contributed by atoms with Gasteiger partial charge in [-0.25, -0.2) is 4.39 Å². The highest BCUT2D eigenvalue weighted by Gasteiger charge is 2.35. The summed E-state index contributed by atoms with van der Waals surface area (Å²) in [6, 6.07) is 16.3. The van der Waals surface area contributed by atoms with Crippen LogP contribution in [0.3, 0.4) is 0 Å². The lowest BCUT2D eigenvalue weighted by Crippen LogP contribution is -2.27. The first-order valence-electron chi connectivity index (χ1n) is 10.1. The number of nitrogens with zero attached hydrogens (tertiary/aromatic N) is 1. The maximum atomic E-state index is 14.0. The number of benzene rings is 3. The van der Waals surface area contributed by atoms with E-state index in [1.165, 1.54) is 13.2 Å². The van der Waals surface area contributed by atoms with Crippen LogP contribution in [0.5, 0.6) is 11.5 Å². The van der Waals surface area contributed by atoms with Crippen molar-refractivity contribution >= 4 is 52.2 Å². The van der Waals surface area contributed by atoms with E-state index in [1.54, 1.807) is 60.7 Å². The van der Waals surface area contributed by atoms with Gasteiger partial charge in [-0.1, -0.05) is 53.5 Å². The van der Waals surface area contributed by atoms with Crippen LogP contribution in [0.2, 0.25) is 10.0 Å². The summed E-state index contributed by atoms with van der Waals surface area (Å²) >= 11 is 12.9. The summed E-state index contributed by atoms with van der Waals surface area (Å²) in [6.07, 6.45) is 1.59. The number of amides is 2. The summed E-state index contributed by atoms with van der Waals surface area (Å²) in [4.78, 5) is 26.4. The lowest BCUT2D eigenvalue weighted by Gasteiger charge is -2.13. The van der Waals surface area contributed by atoms with Gasteiger partial charge in [0.15, 0.2) is 11.5 Å². The highest BCUT2D eigenvalue weighted by atomic mass is 35.5. The van der Waals surface area contributed by atoms with Crippen molar-refractivity contribution in [1.29, 1.82) is 0 Å². The number of carbonyl (C=O) groups excluding carboxylic acids is 2. The molecule has 3 aromatic rings. The Morgan fingerprint density at radius 2 is 1.79 bits per heavy atom. The van der Waals surface area contributed by atoms with Crippen LogP contribution in [0.15, 0.2) is 65.6 Å². The van der Waals surface area contributed by atoms with E-state index in [0.29, 0.717) is 27.1 Å². The minimum atomic E-state index is -0.477. The monoisotopic (exact) mass is 517 g/mol. The van der Waals surface area contributed by atoms with Crippen LogP contribution in [0.25, 0.3) is 6.08 Å². The maximum absolute atomic E-state index is 14.0. The first kappa shape index (κ1) is 24.1. The zero-order valence-electron chi connectivity index (χ0n) is 17.9. The third kappa shape index (κ3) is 5.38. The molecule has 0 radical (unpaired) electrons. The van der Waals surface area contributed by atoms with Crippen LogP contribution < -0.4 is 9.47 Å². The van der Waals surface area contributed by atoms with E-state index >= 15 is 0 Å². The Morgan fingerprint density at radius 3 is 2.53 bits per heavy atom. The van der Waals surface area contributed by atoms with Crippen molar-refractivity contribution in [2.75, 3.05) is 7.11 Å². The van der Waals surface area contributed by atoms with Gasteiger partial charge < -0.3 is 9.47 Å². The van der Waals surface area contributed by atoms with Gasteiger partial charge in [-0.3, -0.25) is 14.5 Å². The second-order valence-corrected chi connectivity index (χ2v) is 9.13. The number of rotatable bonds is 7. The van der Waals surface area contributed by atoms with Gasteiger partial charge in [0.2, 0.25) is 0 Å². The second kappa shape index (κ2) is 10.5. The molecule has 0 aliphatic carbocycles. The fourth-order valence-corrected chi connectivity index (χ4v) is 4.57. The lowest BCUT2D eigenvalue weighted by molar-refractivity contribution is -0.123. The van der Waals surface area contributed by atoms with Crippen molar-refractivity contribution in [2.45, 2.75) is 13.2 Å². The highest BCUT2D eigenvalue weighted by molar-refractivity contribution is 8.18. The van der Waals surface area contributed by atoms with Gasteiger partial charge in [0.05, 0.1) is 18.6 Å². The van der Waals surface area contributed by atoms with Gasteiger partial charge >= 0.3 is 0 Å². The number of ether oxygens (including phenoxy) is 2. The first-order chi connectivity index (χ1) is 16.4. The van der Waals surface area contributed by atoms with E-state index in [2.05, 4.69) is 0 Å². The first-order valence-corrected chi connectivity index (χ1v) is 11.7. The molecule has 5 nitrogen and oxygen atoms in total. The summed E-state index contributed by atoms with van der Waals surface area (Å²) in [5, 5.41) is 0.578. The van der Waals surface area contributed by atoms with Crippen molar-refractivity contribution in [3.8, 4) is 11.5 Å². The largest absolute Gasteiger partial charge is 0.493 e. The molecule has 0 aromatic heterocycles. The van der Waals surface area contributed by atoms with Gasteiger partial charge in [-0.15, -0.1) is 0 Å². The number of methoxy groups -OCH3 is 1. The SMILES string of the molecule is COc1cc(/C=C2\SC(=O)N(Cc3ccccc3F)C2=O)ccc1OCc1ccc(Cl)cc1Cl. The molecule has 1 saturated heterocycles. The molecule has 174 valence electrons. The Hall–Kier alpha value is -3.00. The molecular formula is C25H18Cl2FNO4S. The van der Waals surface area contributed by atoms with Crippen LogP contribution in [0.1, 0.15) is 16.7 Å². The fourth-order valence-electron chi connectivity index (χ4n) is 3.27.